The Morgan fingerprint density at radius 3 is 2.85 bits per heavy atom. The van der Waals surface area contributed by atoms with Crippen molar-refractivity contribution in [3.05, 3.63) is 48.9 Å². The number of nitrogens with zero attached hydrogens (tertiary/aromatic N) is 2. The molecule has 96 valence electrons. The predicted molar refractivity (Wildman–Crippen MR) is 77.8 cm³/mol. The number of H-pyrrole nitrogens is 2. The normalized spacial score (nSPS) is 11.2. The number of aromatic nitrogens is 4. The summed E-state index contributed by atoms with van der Waals surface area (Å²) < 4.78 is 0. The SMILES string of the molecule is Nc1ccc(-c2ccc3c(n2)[nH]c2cc[nH+]cc23)cn1. The third kappa shape index (κ3) is 1.60. The summed E-state index contributed by atoms with van der Waals surface area (Å²) in [6.45, 7) is 0. The number of anilines is 1. The van der Waals surface area contributed by atoms with Gasteiger partial charge in [0, 0.05) is 23.2 Å². The molecule has 4 N–H and O–H groups in total. The quantitative estimate of drug-likeness (QED) is 0.551. The first-order chi connectivity index (χ1) is 9.81. The van der Waals surface area contributed by atoms with Crippen LogP contribution >= 0.6 is 0 Å². The standard InChI is InChI=1S/C15H11N5/c16-14-4-1-9(7-18-14)12-3-2-10-11-8-17-6-5-13(11)20-15(10)19-12/h1-8H,(H2,16,18)(H,19,20)/p+1. The predicted octanol–water partition coefficient (Wildman–Crippen LogP) is 2.17. The van der Waals surface area contributed by atoms with E-state index in [0.29, 0.717) is 5.82 Å². The molecule has 0 bridgehead atoms. The number of nitrogens with one attached hydrogen (secondary N) is 2. The van der Waals surface area contributed by atoms with Crippen molar-refractivity contribution in [3.8, 4) is 11.3 Å². The van der Waals surface area contributed by atoms with Gasteiger partial charge in [-0.3, -0.25) is 0 Å². The summed E-state index contributed by atoms with van der Waals surface area (Å²) in [6.07, 6.45) is 5.60. The Bertz CT molecular complexity index is 909. The molecule has 4 aromatic rings. The summed E-state index contributed by atoms with van der Waals surface area (Å²) in [5.41, 5.74) is 9.37. The molecule has 4 rings (SSSR count). The smallest absolute Gasteiger partial charge is 0.177 e. The molecule has 20 heavy (non-hydrogen) atoms. The zero-order chi connectivity index (χ0) is 13.5. The van der Waals surface area contributed by atoms with Gasteiger partial charge in [-0.1, -0.05) is 0 Å². The fraction of sp³-hybridized carbons (Fsp3) is 0. The second kappa shape index (κ2) is 4.03. The van der Waals surface area contributed by atoms with E-state index in [-0.39, 0.29) is 0 Å². The number of hydrogen-bond donors (Lipinski definition) is 2. The largest absolute Gasteiger partial charge is 0.384 e. The first-order valence-corrected chi connectivity index (χ1v) is 6.32. The van der Waals surface area contributed by atoms with Gasteiger partial charge in [0.15, 0.2) is 12.4 Å². The number of aromatic amines is 2. The summed E-state index contributed by atoms with van der Waals surface area (Å²) in [5, 5.41) is 2.24. The van der Waals surface area contributed by atoms with Gasteiger partial charge in [0.2, 0.25) is 0 Å². The molecule has 0 unspecified atom stereocenters. The average Bonchev–Trinajstić information content (AvgIpc) is 2.85. The highest BCUT2D eigenvalue weighted by atomic mass is 14.9. The van der Waals surface area contributed by atoms with E-state index >= 15 is 0 Å². The van der Waals surface area contributed by atoms with Crippen LogP contribution in [0.2, 0.25) is 0 Å². The van der Waals surface area contributed by atoms with Crippen molar-refractivity contribution < 1.29 is 4.98 Å². The fourth-order valence-electron chi connectivity index (χ4n) is 2.38. The van der Waals surface area contributed by atoms with Crippen molar-refractivity contribution >= 4 is 27.8 Å². The number of rotatable bonds is 1. The van der Waals surface area contributed by atoms with Crippen molar-refractivity contribution in [3.63, 3.8) is 0 Å². The molecule has 0 aliphatic heterocycles. The maximum atomic E-state index is 5.61. The highest BCUT2D eigenvalue weighted by Gasteiger charge is 2.09. The first-order valence-electron chi connectivity index (χ1n) is 6.32. The molecule has 5 nitrogen and oxygen atoms in total. The molecule has 0 radical (unpaired) electrons. The lowest BCUT2D eigenvalue weighted by Gasteiger charge is -2.00. The fourth-order valence-corrected chi connectivity index (χ4v) is 2.38. The Balaban J connectivity index is 1.94. The molecule has 0 aliphatic rings. The van der Waals surface area contributed by atoms with Gasteiger partial charge >= 0.3 is 0 Å². The van der Waals surface area contributed by atoms with Crippen molar-refractivity contribution in [1.29, 1.82) is 0 Å². The van der Waals surface area contributed by atoms with Gasteiger partial charge in [-0.2, -0.15) is 0 Å². The second-order valence-corrected chi connectivity index (χ2v) is 4.66. The lowest BCUT2D eigenvalue weighted by molar-refractivity contribution is -0.375. The van der Waals surface area contributed by atoms with Crippen molar-refractivity contribution in [2.75, 3.05) is 5.73 Å². The Kier molecular flexibility index (Phi) is 2.20. The van der Waals surface area contributed by atoms with E-state index in [1.165, 1.54) is 0 Å². The minimum absolute atomic E-state index is 0.510. The molecule has 0 amide bonds. The summed E-state index contributed by atoms with van der Waals surface area (Å²) >= 11 is 0. The van der Waals surface area contributed by atoms with Gasteiger partial charge in [0.05, 0.1) is 16.6 Å². The van der Waals surface area contributed by atoms with Gasteiger partial charge in [-0.25, -0.2) is 15.0 Å². The van der Waals surface area contributed by atoms with Gasteiger partial charge in [-0.05, 0) is 24.3 Å². The number of hydrogen-bond acceptors (Lipinski definition) is 3. The van der Waals surface area contributed by atoms with Crippen LogP contribution in [-0.4, -0.2) is 15.0 Å². The first kappa shape index (κ1) is 10.9. The van der Waals surface area contributed by atoms with Crippen LogP contribution in [0.25, 0.3) is 33.2 Å². The summed E-state index contributed by atoms with van der Waals surface area (Å²) in [6, 6.07) is 9.77. The van der Waals surface area contributed by atoms with Crippen LogP contribution in [0.1, 0.15) is 0 Å². The van der Waals surface area contributed by atoms with E-state index < -0.39 is 0 Å². The Morgan fingerprint density at radius 2 is 2.00 bits per heavy atom. The van der Waals surface area contributed by atoms with Gasteiger partial charge in [0.1, 0.15) is 11.5 Å². The van der Waals surface area contributed by atoms with Crippen LogP contribution in [0.5, 0.6) is 0 Å². The Hall–Kier alpha value is -2.95. The Labute approximate surface area is 114 Å². The average molecular weight is 262 g/mol. The zero-order valence-corrected chi connectivity index (χ0v) is 10.6. The second-order valence-electron chi connectivity index (χ2n) is 4.66. The van der Waals surface area contributed by atoms with Crippen LogP contribution in [0, 0.1) is 0 Å². The minimum atomic E-state index is 0.510. The van der Waals surface area contributed by atoms with Crippen LogP contribution in [0.3, 0.4) is 0 Å². The maximum Gasteiger partial charge on any atom is 0.177 e. The van der Waals surface area contributed by atoms with E-state index in [2.05, 4.69) is 26.0 Å². The number of nitrogen functional groups attached to an aromatic ring is 1. The van der Waals surface area contributed by atoms with E-state index in [1.54, 1.807) is 12.3 Å². The minimum Gasteiger partial charge on any atom is -0.384 e. The molecule has 4 heterocycles. The van der Waals surface area contributed by atoms with Gasteiger partial charge in [0.25, 0.3) is 0 Å². The highest BCUT2D eigenvalue weighted by Crippen LogP contribution is 2.25. The van der Waals surface area contributed by atoms with Crippen LogP contribution in [0.4, 0.5) is 5.82 Å². The van der Waals surface area contributed by atoms with Crippen LogP contribution in [-0.2, 0) is 0 Å². The van der Waals surface area contributed by atoms with Crippen molar-refractivity contribution in [2.45, 2.75) is 0 Å². The van der Waals surface area contributed by atoms with Crippen molar-refractivity contribution in [2.24, 2.45) is 0 Å². The number of nitrogens with two attached hydrogens (primary N) is 1. The molecule has 0 aliphatic carbocycles. The lowest BCUT2D eigenvalue weighted by Crippen LogP contribution is -1.96. The molecular weight excluding hydrogens is 250 g/mol. The molecule has 0 atom stereocenters. The highest BCUT2D eigenvalue weighted by molar-refractivity contribution is 6.05. The van der Waals surface area contributed by atoms with E-state index in [4.69, 9.17) is 5.73 Å². The topological polar surface area (TPSA) is 81.7 Å². The molecule has 5 heteroatoms. The summed E-state index contributed by atoms with van der Waals surface area (Å²) in [4.78, 5) is 15.2. The van der Waals surface area contributed by atoms with E-state index in [9.17, 15) is 0 Å². The maximum absolute atomic E-state index is 5.61. The molecule has 0 saturated carbocycles. The van der Waals surface area contributed by atoms with Gasteiger partial charge < -0.3 is 10.7 Å². The van der Waals surface area contributed by atoms with Crippen molar-refractivity contribution in [1.82, 2.24) is 15.0 Å². The molecule has 0 aromatic carbocycles. The molecule has 0 saturated heterocycles. The molecule has 0 fully saturated rings. The number of fused-ring (bicyclic) bond motifs is 3. The monoisotopic (exact) mass is 262 g/mol. The summed E-state index contributed by atoms with van der Waals surface area (Å²) in [5.74, 6) is 0.510. The lowest BCUT2D eigenvalue weighted by atomic mass is 10.1. The van der Waals surface area contributed by atoms with Crippen LogP contribution < -0.4 is 10.7 Å². The van der Waals surface area contributed by atoms with Crippen LogP contribution in [0.15, 0.2) is 48.9 Å². The van der Waals surface area contributed by atoms with E-state index in [0.717, 1.165) is 33.2 Å². The zero-order valence-electron chi connectivity index (χ0n) is 10.6. The third-order valence-electron chi connectivity index (χ3n) is 3.38. The Morgan fingerprint density at radius 1 is 1.05 bits per heavy atom. The van der Waals surface area contributed by atoms with E-state index in [1.807, 2.05) is 30.6 Å². The number of pyridine rings is 3. The molecule has 0 spiro atoms. The molecule has 4 aromatic heterocycles. The molecular formula is C15H12N5+. The van der Waals surface area contributed by atoms with Gasteiger partial charge in [-0.15, -0.1) is 0 Å². The summed E-state index contributed by atoms with van der Waals surface area (Å²) in [7, 11) is 0. The third-order valence-corrected chi connectivity index (χ3v) is 3.38.